The third-order valence-corrected chi connectivity index (χ3v) is 6.53. The molecule has 1 amide bonds. The number of thiazole rings is 1. The first-order valence-corrected chi connectivity index (χ1v) is 11.1. The summed E-state index contributed by atoms with van der Waals surface area (Å²) in [6.07, 6.45) is 2.76. The van der Waals surface area contributed by atoms with Crippen LogP contribution < -0.4 is 0 Å². The molecule has 0 bridgehead atoms. The Hall–Kier alpha value is -2.74. The summed E-state index contributed by atoms with van der Waals surface area (Å²) in [7, 11) is 0. The zero-order valence-corrected chi connectivity index (χ0v) is 18.1. The van der Waals surface area contributed by atoms with Gasteiger partial charge in [0.05, 0.1) is 10.2 Å². The molecular weight excluding hydrogens is 436 g/mol. The van der Waals surface area contributed by atoms with Crippen molar-refractivity contribution in [1.82, 2.24) is 9.88 Å². The number of hydrogen-bond donors (Lipinski definition) is 2. The van der Waals surface area contributed by atoms with Gasteiger partial charge in [-0.3, -0.25) is 4.79 Å². The number of para-hydroxylation sites is 1. The second kappa shape index (κ2) is 9.18. The van der Waals surface area contributed by atoms with E-state index >= 15 is 0 Å². The van der Waals surface area contributed by atoms with Crippen molar-refractivity contribution in [2.45, 2.75) is 25.0 Å². The van der Waals surface area contributed by atoms with E-state index < -0.39 is 24.0 Å². The molecule has 3 aromatic rings. The number of carboxylic acids is 1. The molecule has 2 N–H and O–H groups in total. The van der Waals surface area contributed by atoms with E-state index in [1.54, 1.807) is 29.2 Å². The summed E-state index contributed by atoms with van der Waals surface area (Å²) in [5.41, 5.74) is 1.35. The van der Waals surface area contributed by atoms with E-state index in [4.69, 9.17) is 21.7 Å². The van der Waals surface area contributed by atoms with Crippen LogP contribution in [0.4, 0.5) is 0 Å². The fraction of sp³-hybridized carbons (Fsp3) is 0.261. The van der Waals surface area contributed by atoms with Gasteiger partial charge in [-0.1, -0.05) is 35.9 Å². The minimum Gasteiger partial charge on any atom is -0.478 e. The van der Waals surface area contributed by atoms with E-state index in [0.29, 0.717) is 28.1 Å². The number of hydrogen-bond acceptors (Lipinski definition) is 5. The van der Waals surface area contributed by atoms with Gasteiger partial charge in [0.25, 0.3) is 0 Å². The number of aliphatic hydroxyl groups excluding tert-OH is 1. The number of carbonyl (C=O) groups is 2. The van der Waals surface area contributed by atoms with Crippen LogP contribution in [0.25, 0.3) is 10.2 Å². The van der Waals surface area contributed by atoms with Crippen LogP contribution in [0.1, 0.15) is 35.6 Å². The lowest BCUT2D eigenvalue weighted by Gasteiger charge is -2.33. The zero-order chi connectivity index (χ0) is 22.0. The number of halogens is 1. The van der Waals surface area contributed by atoms with Crippen molar-refractivity contribution in [2.24, 2.45) is 5.92 Å². The van der Waals surface area contributed by atoms with Crippen molar-refractivity contribution in [2.75, 3.05) is 6.54 Å². The highest BCUT2D eigenvalue weighted by Crippen LogP contribution is 2.41. The van der Waals surface area contributed by atoms with Gasteiger partial charge >= 0.3 is 5.97 Å². The van der Waals surface area contributed by atoms with Crippen molar-refractivity contribution in [3.05, 3.63) is 76.3 Å². The van der Waals surface area contributed by atoms with E-state index in [1.165, 1.54) is 11.3 Å². The smallest absolute Gasteiger partial charge is 0.328 e. The molecule has 0 aliphatic heterocycles. The molecule has 1 heterocycles. The fourth-order valence-electron chi connectivity index (χ4n) is 3.49. The summed E-state index contributed by atoms with van der Waals surface area (Å²) in [5.74, 6) is -1.35. The van der Waals surface area contributed by atoms with Crippen molar-refractivity contribution in [3.8, 4) is 0 Å². The van der Waals surface area contributed by atoms with E-state index in [-0.39, 0.29) is 0 Å². The van der Waals surface area contributed by atoms with Crippen LogP contribution in [0, 0.1) is 5.92 Å². The normalized spacial score (nSPS) is 15.8. The topological polar surface area (TPSA) is 90.7 Å². The molecule has 1 aromatic heterocycles. The second-order valence-electron chi connectivity index (χ2n) is 7.57. The quantitative estimate of drug-likeness (QED) is 0.483. The molecule has 2 aromatic carbocycles. The number of amides is 1. The SMILES string of the molecule is O=C(O)/C=C/C(=O)N(CC1CC1)[C@H](c1nc2ccccc2s1)[C@H](O)c1cccc(Cl)c1. The maximum atomic E-state index is 13.1. The van der Waals surface area contributed by atoms with E-state index in [0.717, 1.165) is 35.2 Å². The first-order chi connectivity index (χ1) is 14.9. The summed E-state index contributed by atoms with van der Waals surface area (Å²) in [4.78, 5) is 30.3. The van der Waals surface area contributed by atoms with Gasteiger partial charge in [-0.2, -0.15) is 0 Å². The van der Waals surface area contributed by atoms with E-state index in [9.17, 15) is 14.7 Å². The van der Waals surface area contributed by atoms with Gasteiger partial charge < -0.3 is 15.1 Å². The molecule has 0 spiro atoms. The molecule has 31 heavy (non-hydrogen) atoms. The maximum absolute atomic E-state index is 13.1. The summed E-state index contributed by atoms with van der Waals surface area (Å²) < 4.78 is 0.945. The number of aliphatic carboxylic acids is 1. The molecule has 2 atom stereocenters. The predicted molar refractivity (Wildman–Crippen MR) is 120 cm³/mol. The van der Waals surface area contributed by atoms with Gasteiger partial charge in [-0.05, 0) is 48.6 Å². The molecule has 0 saturated heterocycles. The highest BCUT2D eigenvalue weighted by atomic mass is 35.5. The standard InChI is InChI=1S/C23H21ClN2O4S/c24-16-5-3-4-15(12-16)22(30)21(23-25-17-6-1-2-7-18(17)31-23)26(13-14-8-9-14)19(27)10-11-20(28)29/h1-7,10-12,14,21-22,30H,8-9,13H2,(H,28,29)/b11-10+/t21-,22+/m0/s1. The number of carbonyl (C=O) groups excluding carboxylic acids is 1. The average Bonchev–Trinajstić information content (AvgIpc) is 3.47. The Balaban J connectivity index is 1.80. The number of benzene rings is 2. The minimum atomic E-state index is -1.20. The van der Waals surface area contributed by atoms with Gasteiger partial charge in [0.15, 0.2) is 0 Å². The van der Waals surface area contributed by atoms with E-state index in [1.807, 2.05) is 24.3 Å². The van der Waals surface area contributed by atoms with Crippen LogP contribution in [0.15, 0.2) is 60.7 Å². The van der Waals surface area contributed by atoms with Gasteiger partial charge in [-0.15, -0.1) is 11.3 Å². The molecule has 1 fully saturated rings. The molecule has 1 aliphatic rings. The lowest BCUT2D eigenvalue weighted by atomic mass is 10.0. The van der Waals surface area contributed by atoms with Crippen molar-refractivity contribution < 1.29 is 19.8 Å². The Morgan fingerprint density at radius 3 is 2.65 bits per heavy atom. The lowest BCUT2D eigenvalue weighted by molar-refractivity contribution is -0.134. The Morgan fingerprint density at radius 2 is 1.97 bits per heavy atom. The maximum Gasteiger partial charge on any atom is 0.328 e. The predicted octanol–water partition coefficient (Wildman–Crippen LogP) is 4.60. The highest BCUT2D eigenvalue weighted by molar-refractivity contribution is 7.18. The number of aromatic nitrogens is 1. The van der Waals surface area contributed by atoms with Crippen LogP contribution >= 0.6 is 22.9 Å². The Morgan fingerprint density at radius 1 is 1.19 bits per heavy atom. The molecule has 6 nitrogen and oxygen atoms in total. The summed E-state index contributed by atoms with van der Waals surface area (Å²) in [6, 6.07) is 13.7. The summed E-state index contributed by atoms with van der Waals surface area (Å²) in [5, 5.41) is 21.4. The number of fused-ring (bicyclic) bond motifs is 1. The molecule has 1 saturated carbocycles. The van der Waals surface area contributed by atoms with Crippen LogP contribution in [-0.4, -0.2) is 38.5 Å². The Labute approximate surface area is 188 Å². The fourth-order valence-corrected chi connectivity index (χ4v) is 4.80. The molecule has 4 rings (SSSR count). The largest absolute Gasteiger partial charge is 0.478 e. The van der Waals surface area contributed by atoms with E-state index in [2.05, 4.69) is 0 Å². The number of nitrogens with zero attached hydrogens (tertiary/aromatic N) is 2. The van der Waals surface area contributed by atoms with Gasteiger partial charge in [-0.25, -0.2) is 9.78 Å². The number of aliphatic hydroxyl groups is 1. The molecule has 0 radical (unpaired) electrons. The van der Waals surface area contributed by atoms with Gasteiger partial charge in [0, 0.05) is 23.7 Å². The first-order valence-electron chi connectivity index (χ1n) is 9.93. The monoisotopic (exact) mass is 456 g/mol. The zero-order valence-electron chi connectivity index (χ0n) is 16.5. The lowest BCUT2D eigenvalue weighted by Crippen LogP contribution is -2.38. The van der Waals surface area contributed by atoms with Gasteiger partial charge in [0.2, 0.25) is 5.91 Å². The van der Waals surface area contributed by atoms with Crippen molar-refractivity contribution in [3.63, 3.8) is 0 Å². The summed E-state index contributed by atoms with van der Waals surface area (Å²) in [6.45, 7) is 0.418. The third kappa shape index (κ3) is 5.12. The first kappa shape index (κ1) is 21.5. The third-order valence-electron chi connectivity index (χ3n) is 5.19. The van der Waals surface area contributed by atoms with Gasteiger partial charge in [0.1, 0.15) is 17.2 Å². The molecule has 1 aliphatic carbocycles. The van der Waals surface area contributed by atoms with Crippen LogP contribution in [0.3, 0.4) is 0 Å². The number of carboxylic acid groups (broad SMARTS) is 1. The Kier molecular flexibility index (Phi) is 6.36. The van der Waals surface area contributed by atoms with Crippen LogP contribution in [0.2, 0.25) is 5.02 Å². The molecule has 0 unspecified atom stereocenters. The second-order valence-corrected chi connectivity index (χ2v) is 9.07. The van der Waals surface area contributed by atoms with Crippen molar-refractivity contribution in [1.29, 1.82) is 0 Å². The highest BCUT2D eigenvalue weighted by Gasteiger charge is 2.37. The van der Waals surface area contributed by atoms with Crippen molar-refractivity contribution >= 4 is 45.0 Å². The van der Waals surface area contributed by atoms with Crippen LogP contribution in [-0.2, 0) is 9.59 Å². The summed E-state index contributed by atoms with van der Waals surface area (Å²) >= 11 is 7.56. The minimum absolute atomic E-state index is 0.325. The molecule has 160 valence electrons. The average molecular weight is 457 g/mol. The molecule has 8 heteroatoms. The number of rotatable bonds is 8. The molecular formula is C23H21ClN2O4S. The van der Waals surface area contributed by atoms with Crippen LogP contribution in [0.5, 0.6) is 0 Å². The Bertz CT molecular complexity index is 1110.